The van der Waals surface area contributed by atoms with Gasteiger partial charge in [0.1, 0.15) is 16.7 Å². The third-order valence-corrected chi connectivity index (χ3v) is 6.79. The molecule has 2 fully saturated rings. The molecule has 6 heteroatoms. The molecule has 0 radical (unpaired) electrons. The first-order valence-corrected chi connectivity index (χ1v) is 11.4. The van der Waals surface area contributed by atoms with E-state index in [0.29, 0.717) is 17.1 Å². The number of thioether (sulfide) groups is 1. The van der Waals surface area contributed by atoms with Crippen molar-refractivity contribution in [2.45, 2.75) is 54.7 Å². The summed E-state index contributed by atoms with van der Waals surface area (Å²) in [5.74, 6) is 0.148. The smallest absolute Gasteiger partial charge is 0.280 e. The van der Waals surface area contributed by atoms with Crippen LogP contribution in [0.3, 0.4) is 0 Å². The van der Waals surface area contributed by atoms with Crippen molar-refractivity contribution in [3.63, 3.8) is 0 Å². The summed E-state index contributed by atoms with van der Waals surface area (Å²) >= 11 is 1.40. The summed E-state index contributed by atoms with van der Waals surface area (Å²) in [6.07, 6.45) is 6.65. The van der Waals surface area contributed by atoms with Crippen molar-refractivity contribution < 1.29 is 14.3 Å². The van der Waals surface area contributed by atoms with Gasteiger partial charge in [0.15, 0.2) is 0 Å². The van der Waals surface area contributed by atoms with E-state index < -0.39 is 5.25 Å². The van der Waals surface area contributed by atoms with E-state index in [9.17, 15) is 9.59 Å². The Morgan fingerprint density at radius 1 is 0.933 bits per heavy atom. The van der Waals surface area contributed by atoms with Crippen LogP contribution in [0.5, 0.6) is 5.75 Å². The Bertz CT molecular complexity index is 919. The number of nitrogens with zero attached hydrogens (tertiary/aromatic N) is 2. The maximum Gasteiger partial charge on any atom is 0.280 e. The molecule has 0 bridgehead atoms. The molecule has 1 aliphatic heterocycles. The lowest BCUT2D eigenvalue weighted by atomic mass is 10.1. The van der Waals surface area contributed by atoms with E-state index in [-0.39, 0.29) is 17.9 Å². The van der Waals surface area contributed by atoms with Crippen LogP contribution in [0.25, 0.3) is 0 Å². The molecule has 156 valence electrons. The molecule has 4 rings (SSSR count). The monoisotopic (exact) mass is 422 g/mol. The van der Waals surface area contributed by atoms with Crippen LogP contribution in [0, 0.1) is 0 Å². The molecule has 1 atom stereocenters. The second kappa shape index (κ2) is 9.47. The average Bonchev–Trinajstić information content (AvgIpc) is 2.95. The molecule has 30 heavy (non-hydrogen) atoms. The Labute approximate surface area is 181 Å². The van der Waals surface area contributed by atoms with Crippen LogP contribution < -0.4 is 9.64 Å². The van der Waals surface area contributed by atoms with Gasteiger partial charge in [0.05, 0.1) is 18.8 Å². The lowest BCUT2D eigenvalue weighted by molar-refractivity contribution is -0.120. The van der Waals surface area contributed by atoms with Gasteiger partial charge in [0.25, 0.3) is 11.8 Å². The van der Waals surface area contributed by atoms with Crippen molar-refractivity contribution in [3.8, 4) is 5.75 Å². The zero-order chi connectivity index (χ0) is 20.9. The van der Waals surface area contributed by atoms with Gasteiger partial charge in [-0.3, -0.25) is 14.6 Å². The number of ether oxygens (including phenoxy) is 1. The van der Waals surface area contributed by atoms with Crippen LogP contribution in [0.1, 0.15) is 38.5 Å². The van der Waals surface area contributed by atoms with Crippen LogP contribution in [-0.2, 0) is 9.59 Å². The second-order valence-electron chi connectivity index (χ2n) is 7.65. The van der Waals surface area contributed by atoms with E-state index >= 15 is 0 Å². The van der Waals surface area contributed by atoms with E-state index in [4.69, 9.17) is 9.73 Å². The molecular weight excluding hydrogens is 396 g/mol. The van der Waals surface area contributed by atoms with Crippen LogP contribution in [0.4, 0.5) is 5.69 Å². The highest BCUT2D eigenvalue weighted by atomic mass is 32.2. The van der Waals surface area contributed by atoms with Crippen molar-refractivity contribution in [2.24, 2.45) is 4.99 Å². The quantitative estimate of drug-likeness (QED) is 0.508. The average molecular weight is 423 g/mol. The lowest BCUT2D eigenvalue weighted by Crippen LogP contribution is -2.31. The fourth-order valence-electron chi connectivity index (χ4n) is 3.98. The van der Waals surface area contributed by atoms with Gasteiger partial charge in [-0.05, 0) is 49.2 Å². The van der Waals surface area contributed by atoms with Gasteiger partial charge in [0.2, 0.25) is 0 Å². The van der Waals surface area contributed by atoms with Crippen LogP contribution in [0.2, 0.25) is 0 Å². The summed E-state index contributed by atoms with van der Waals surface area (Å²) in [5.41, 5.74) is 0.937. The summed E-state index contributed by atoms with van der Waals surface area (Å²) in [5, 5.41) is -0.620. The molecule has 2 aliphatic rings. The highest BCUT2D eigenvalue weighted by molar-refractivity contribution is 8.01. The zero-order valence-corrected chi connectivity index (χ0v) is 17.9. The number of imide groups is 1. The van der Waals surface area contributed by atoms with Gasteiger partial charge < -0.3 is 4.74 Å². The van der Waals surface area contributed by atoms with E-state index in [0.717, 1.165) is 30.6 Å². The molecule has 5 nitrogen and oxygen atoms in total. The summed E-state index contributed by atoms with van der Waals surface area (Å²) in [7, 11) is 1.59. The summed E-state index contributed by atoms with van der Waals surface area (Å²) in [6.45, 7) is 0. The molecule has 1 saturated carbocycles. The highest BCUT2D eigenvalue weighted by Gasteiger charge is 2.46. The minimum Gasteiger partial charge on any atom is -0.497 e. The molecule has 1 unspecified atom stereocenters. The largest absolute Gasteiger partial charge is 0.497 e. The minimum atomic E-state index is -0.620. The maximum absolute atomic E-state index is 13.4. The van der Waals surface area contributed by atoms with Gasteiger partial charge in [-0.15, -0.1) is 11.8 Å². The zero-order valence-electron chi connectivity index (χ0n) is 17.1. The normalized spacial score (nSPS) is 21.8. The molecule has 0 aromatic heterocycles. The number of methoxy groups -OCH3 is 1. The van der Waals surface area contributed by atoms with Crippen molar-refractivity contribution >= 4 is 35.0 Å². The Morgan fingerprint density at radius 3 is 2.23 bits per heavy atom. The Morgan fingerprint density at radius 2 is 1.60 bits per heavy atom. The van der Waals surface area contributed by atoms with Gasteiger partial charge in [-0.1, -0.05) is 43.9 Å². The van der Waals surface area contributed by atoms with Crippen molar-refractivity contribution in [1.29, 1.82) is 0 Å². The summed E-state index contributed by atoms with van der Waals surface area (Å²) < 4.78 is 5.20. The third-order valence-electron chi connectivity index (χ3n) is 5.59. The number of rotatable bonds is 5. The van der Waals surface area contributed by atoms with Gasteiger partial charge >= 0.3 is 0 Å². The number of anilines is 1. The summed E-state index contributed by atoms with van der Waals surface area (Å²) in [6, 6.07) is 16.9. The van der Waals surface area contributed by atoms with E-state index in [2.05, 4.69) is 0 Å². The summed E-state index contributed by atoms with van der Waals surface area (Å²) in [4.78, 5) is 33.8. The first-order chi connectivity index (χ1) is 14.7. The molecular formula is C24H26N2O3S. The Kier molecular flexibility index (Phi) is 6.53. The number of amides is 2. The molecule has 2 aromatic carbocycles. The topological polar surface area (TPSA) is 59.0 Å². The Balaban J connectivity index is 1.68. The molecule has 1 heterocycles. The van der Waals surface area contributed by atoms with Gasteiger partial charge in [-0.2, -0.15) is 0 Å². The first-order valence-electron chi connectivity index (χ1n) is 10.5. The standard InChI is InChI=1S/C24H26N2O3S/c1-29-19-15-13-18(14-16-19)26-23(27)21(25-17-9-5-2-3-6-10-17)22(24(26)28)30-20-11-7-4-8-12-20/h4,7-8,11-17,22H,2-3,5-6,9-10H2,1H3. The van der Waals surface area contributed by atoms with Crippen molar-refractivity contribution in [2.75, 3.05) is 12.0 Å². The lowest BCUT2D eigenvalue weighted by Gasteiger charge is -2.14. The molecule has 2 amide bonds. The minimum absolute atomic E-state index is 0.119. The fraction of sp³-hybridized carbons (Fsp3) is 0.375. The highest BCUT2D eigenvalue weighted by Crippen LogP contribution is 2.34. The van der Waals surface area contributed by atoms with Gasteiger partial charge in [0, 0.05) is 4.90 Å². The van der Waals surface area contributed by atoms with E-state index in [1.54, 1.807) is 31.4 Å². The molecule has 0 spiro atoms. The molecule has 0 N–H and O–H groups in total. The number of aliphatic imine (C=N–C) groups is 1. The Hall–Kier alpha value is -2.60. The van der Waals surface area contributed by atoms with Crippen LogP contribution in [-0.4, -0.2) is 35.9 Å². The van der Waals surface area contributed by atoms with Gasteiger partial charge in [-0.25, -0.2) is 4.90 Å². The first kappa shape index (κ1) is 20.7. The van der Waals surface area contributed by atoms with E-state index in [1.165, 1.54) is 29.5 Å². The predicted molar refractivity (Wildman–Crippen MR) is 120 cm³/mol. The fourth-order valence-corrected chi connectivity index (χ4v) is 5.05. The second-order valence-corrected chi connectivity index (χ2v) is 8.83. The molecule has 1 aliphatic carbocycles. The SMILES string of the molecule is COc1ccc(N2C(=O)C(=NC3CCCCCC3)C(Sc3ccccc3)C2=O)cc1. The molecule has 1 saturated heterocycles. The van der Waals surface area contributed by atoms with Crippen molar-refractivity contribution in [3.05, 3.63) is 54.6 Å². The van der Waals surface area contributed by atoms with Crippen molar-refractivity contribution in [1.82, 2.24) is 0 Å². The van der Waals surface area contributed by atoms with E-state index in [1.807, 2.05) is 30.3 Å². The maximum atomic E-state index is 13.4. The number of carbonyl (C=O) groups excluding carboxylic acids is 2. The third kappa shape index (κ3) is 4.43. The number of benzene rings is 2. The molecule has 2 aromatic rings. The van der Waals surface area contributed by atoms with Crippen LogP contribution >= 0.6 is 11.8 Å². The number of hydrogen-bond donors (Lipinski definition) is 0. The van der Waals surface area contributed by atoms with Crippen LogP contribution in [0.15, 0.2) is 64.5 Å². The predicted octanol–water partition coefficient (Wildman–Crippen LogP) is 4.89. The number of carbonyl (C=O) groups is 2. The number of hydrogen-bond acceptors (Lipinski definition) is 5.